The van der Waals surface area contributed by atoms with Crippen molar-refractivity contribution in [3.05, 3.63) is 45.8 Å². The van der Waals surface area contributed by atoms with E-state index in [2.05, 4.69) is 32.2 Å². The first-order valence-corrected chi connectivity index (χ1v) is 10.1. The molecule has 0 amide bonds. The molecule has 23 heavy (non-hydrogen) atoms. The molecule has 1 N–H and O–H groups in total. The molecule has 0 saturated heterocycles. The van der Waals surface area contributed by atoms with Crippen molar-refractivity contribution in [1.29, 1.82) is 0 Å². The van der Waals surface area contributed by atoms with Gasteiger partial charge in [0.2, 0.25) is 0 Å². The summed E-state index contributed by atoms with van der Waals surface area (Å²) in [6.07, 6.45) is 5.07. The summed E-state index contributed by atoms with van der Waals surface area (Å²) >= 11 is 3.46. The van der Waals surface area contributed by atoms with Gasteiger partial charge < -0.3 is 5.11 Å². The summed E-state index contributed by atoms with van der Waals surface area (Å²) in [6.45, 7) is 4.47. The lowest BCUT2D eigenvalue weighted by Gasteiger charge is -2.29. The first-order chi connectivity index (χ1) is 10.9. The van der Waals surface area contributed by atoms with Gasteiger partial charge in [-0.3, -0.25) is 0 Å². The quantitative estimate of drug-likeness (QED) is 0.795. The first kappa shape index (κ1) is 16.6. The highest BCUT2D eigenvalue weighted by atomic mass is 32.2. The average Bonchev–Trinajstić information content (AvgIpc) is 2.85. The Morgan fingerprint density at radius 3 is 2.78 bits per heavy atom. The number of thiophene rings is 1. The number of carboxylic acid groups (broad SMARTS) is 1. The molecule has 122 valence electrons. The van der Waals surface area contributed by atoms with Gasteiger partial charge in [-0.1, -0.05) is 38.1 Å². The van der Waals surface area contributed by atoms with Crippen LogP contribution in [0.15, 0.2) is 24.3 Å². The van der Waals surface area contributed by atoms with Crippen molar-refractivity contribution in [2.45, 2.75) is 38.9 Å². The zero-order valence-electron chi connectivity index (χ0n) is 13.8. The minimum absolute atomic E-state index is 0.189. The highest BCUT2D eigenvalue weighted by Crippen LogP contribution is 2.45. The van der Waals surface area contributed by atoms with Crippen molar-refractivity contribution < 1.29 is 9.90 Å². The van der Waals surface area contributed by atoms with Crippen LogP contribution in [0.1, 0.15) is 46.6 Å². The predicted octanol–water partition coefficient (Wildman–Crippen LogP) is 5.49. The van der Waals surface area contributed by atoms with Crippen LogP contribution in [0.2, 0.25) is 0 Å². The molecule has 0 bridgehead atoms. The summed E-state index contributed by atoms with van der Waals surface area (Å²) in [6, 6.07) is 8.22. The molecule has 0 saturated carbocycles. The fraction of sp³-hybridized carbons (Fsp3) is 0.421. The fourth-order valence-electron chi connectivity index (χ4n) is 3.36. The van der Waals surface area contributed by atoms with E-state index in [4.69, 9.17) is 0 Å². The highest BCUT2D eigenvalue weighted by molar-refractivity contribution is 7.97. The van der Waals surface area contributed by atoms with Crippen LogP contribution in [0.3, 0.4) is 0 Å². The van der Waals surface area contributed by atoms with Crippen molar-refractivity contribution in [1.82, 2.24) is 0 Å². The van der Waals surface area contributed by atoms with E-state index in [1.165, 1.54) is 10.4 Å². The third kappa shape index (κ3) is 3.20. The fourth-order valence-corrected chi connectivity index (χ4v) is 5.29. The number of benzene rings is 1. The van der Waals surface area contributed by atoms with E-state index in [1.807, 2.05) is 12.1 Å². The average molecular weight is 347 g/mol. The van der Waals surface area contributed by atoms with Crippen LogP contribution in [0, 0.1) is 5.41 Å². The second-order valence-corrected chi connectivity index (χ2v) is 8.92. The highest BCUT2D eigenvalue weighted by Gasteiger charge is 2.33. The van der Waals surface area contributed by atoms with Crippen LogP contribution in [0.5, 0.6) is 0 Å². The molecule has 2 nitrogen and oxygen atoms in total. The summed E-state index contributed by atoms with van der Waals surface area (Å²) < 4.78 is 0. The Morgan fingerprint density at radius 2 is 2.09 bits per heavy atom. The molecule has 0 unspecified atom stereocenters. The van der Waals surface area contributed by atoms with Crippen LogP contribution < -0.4 is 0 Å². The van der Waals surface area contributed by atoms with Gasteiger partial charge in [-0.15, -0.1) is 11.3 Å². The van der Waals surface area contributed by atoms with E-state index in [9.17, 15) is 9.90 Å². The lowest BCUT2D eigenvalue weighted by atomic mass is 9.76. The molecule has 1 aromatic carbocycles. The molecule has 2 aromatic rings. The molecule has 3 rings (SSSR count). The van der Waals surface area contributed by atoms with Crippen LogP contribution in [-0.2, 0) is 18.6 Å². The molecule has 0 spiro atoms. The molecule has 1 heterocycles. The number of carboxylic acids is 1. The molecular weight excluding hydrogens is 324 g/mol. The van der Waals surface area contributed by atoms with Crippen molar-refractivity contribution in [3.63, 3.8) is 0 Å². The Labute approximate surface area is 145 Å². The summed E-state index contributed by atoms with van der Waals surface area (Å²) in [5.41, 5.74) is 4.13. The maximum atomic E-state index is 12.0. The summed E-state index contributed by atoms with van der Waals surface area (Å²) in [7, 11) is 0. The normalized spacial score (nSPS) is 16.1. The number of carbonyl (C=O) groups is 1. The summed E-state index contributed by atoms with van der Waals surface area (Å²) in [4.78, 5) is 14.2. The molecule has 1 aliphatic rings. The topological polar surface area (TPSA) is 37.3 Å². The minimum Gasteiger partial charge on any atom is -0.478 e. The Kier molecular flexibility index (Phi) is 4.56. The van der Waals surface area contributed by atoms with Gasteiger partial charge in [0.25, 0.3) is 0 Å². The predicted molar refractivity (Wildman–Crippen MR) is 99.7 cm³/mol. The van der Waals surface area contributed by atoms with Crippen molar-refractivity contribution in [2.24, 2.45) is 5.41 Å². The number of aryl methyl sites for hydroxylation is 1. The Hall–Kier alpha value is -1.26. The van der Waals surface area contributed by atoms with Gasteiger partial charge in [-0.25, -0.2) is 4.79 Å². The number of aromatic carboxylic acids is 1. The van der Waals surface area contributed by atoms with Gasteiger partial charge in [0.15, 0.2) is 0 Å². The number of hydrogen-bond acceptors (Lipinski definition) is 3. The van der Waals surface area contributed by atoms with Crippen LogP contribution >= 0.6 is 23.1 Å². The first-order valence-electron chi connectivity index (χ1n) is 7.88. The molecule has 0 aliphatic heterocycles. The third-order valence-electron chi connectivity index (χ3n) is 4.55. The maximum Gasteiger partial charge on any atom is 0.337 e. The van der Waals surface area contributed by atoms with Gasteiger partial charge in [-0.05, 0) is 47.6 Å². The SMILES string of the molecule is CSCc1ccccc1-c1sc2c(c1C(=O)O)CC(C)(C)CC2. The Balaban J connectivity index is 2.18. The molecule has 0 radical (unpaired) electrons. The zero-order valence-corrected chi connectivity index (χ0v) is 15.4. The monoisotopic (exact) mass is 346 g/mol. The van der Waals surface area contributed by atoms with Crippen LogP contribution in [-0.4, -0.2) is 17.3 Å². The van der Waals surface area contributed by atoms with E-state index in [1.54, 1.807) is 23.1 Å². The number of rotatable bonds is 4. The minimum atomic E-state index is -0.783. The van der Waals surface area contributed by atoms with Crippen LogP contribution in [0.4, 0.5) is 0 Å². The second-order valence-electron chi connectivity index (χ2n) is 6.94. The molecule has 0 atom stereocenters. The van der Waals surface area contributed by atoms with E-state index in [0.717, 1.165) is 41.0 Å². The molecule has 0 fully saturated rings. The zero-order chi connectivity index (χ0) is 16.6. The smallest absolute Gasteiger partial charge is 0.337 e. The largest absolute Gasteiger partial charge is 0.478 e. The molecular formula is C19H22O2S2. The molecule has 1 aliphatic carbocycles. The van der Waals surface area contributed by atoms with Gasteiger partial charge in [-0.2, -0.15) is 11.8 Å². The lowest BCUT2D eigenvalue weighted by Crippen LogP contribution is -2.22. The lowest BCUT2D eigenvalue weighted by molar-refractivity contribution is 0.0696. The van der Waals surface area contributed by atoms with E-state index < -0.39 is 5.97 Å². The van der Waals surface area contributed by atoms with Crippen LogP contribution in [0.25, 0.3) is 10.4 Å². The van der Waals surface area contributed by atoms with Crippen molar-refractivity contribution >= 4 is 29.1 Å². The van der Waals surface area contributed by atoms with Crippen molar-refractivity contribution in [3.8, 4) is 10.4 Å². The van der Waals surface area contributed by atoms with Gasteiger partial charge in [0.05, 0.1) is 5.56 Å². The maximum absolute atomic E-state index is 12.0. The van der Waals surface area contributed by atoms with E-state index >= 15 is 0 Å². The van der Waals surface area contributed by atoms with E-state index in [-0.39, 0.29) is 5.41 Å². The summed E-state index contributed by atoms with van der Waals surface area (Å²) in [5.74, 6) is 0.123. The number of fused-ring (bicyclic) bond motifs is 1. The molecule has 1 aromatic heterocycles. The standard InChI is InChI=1S/C19H22O2S2/c1-19(2)9-8-15-14(10-19)16(18(20)21)17(23-15)13-7-5-4-6-12(13)11-22-3/h4-7H,8-11H2,1-3H3,(H,20,21). The van der Waals surface area contributed by atoms with Gasteiger partial charge in [0.1, 0.15) is 0 Å². The number of hydrogen-bond donors (Lipinski definition) is 1. The Bertz CT molecular complexity index is 744. The summed E-state index contributed by atoms with van der Waals surface area (Å²) in [5, 5.41) is 9.86. The third-order valence-corrected chi connectivity index (χ3v) is 6.48. The number of thioether (sulfide) groups is 1. The van der Waals surface area contributed by atoms with Gasteiger partial charge in [0, 0.05) is 15.5 Å². The second kappa shape index (κ2) is 6.33. The van der Waals surface area contributed by atoms with E-state index in [0.29, 0.717) is 5.56 Å². The van der Waals surface area contributed by atoms with Crippen molar-refractivity contribution in [2.75, 3.05) is 6.26 Å². The molecule has 4 heteroatoms. The van der Waals surface area contributed by atoms with Gasteiger partial charge >= 0.3 is 5.97 Å². The Morgan fingerprint density at radius 1 is 1.35 bits per heavy atom.